The Labute approximate surface area is 131 Å². The van der Waals surface area contributed by atoms with Crippen LogP contribution >= 0.6 is 0 Å². The molecule has 0 aromatic rings. The van der Waals surface area contributed by atoms with Gasteiger partial charge in [-0.05, 0) is 0 Å². The first-order valence-electron chi connectivity index (χ1n) is 3.15. The average Bonchev–Trinajstić information content (AvgIpc) is 2.05. The summed E-state index contributed by atoms with van der Waals surface area (Å²) in [5, 5.41) is 20.3. The number of hydrogen-bond donors (Lipinski definition) is 0. The summed E-state index contributed by atoms with van der Waals surface area (Å²) in [6, 6.07) is 0. The summed E-state index contributed by atoms with van der Waals surface area (Å²) in [6.07, 6.45) is -3.61. The van der Waals surface area contributed by atoms with Gasteiger partial charge in [-0.2, -0.15) is 0 Å². The van der Waals surface area contributed by atoms with Crippen LogP contribution in [0.4, 0.5) is 0 Å². The van der Waals surface area contributed by atoms with Crippen molar-refractivity contribution in [3.63, 3.8) is 0 Å². The molecule has 0 aromatic heterocycles. The minimum Gasteiger partial charge on any atom is -0.545 e. The fraction of sp³-hybridized carbons (Fsp3) is 0.667. The van der Waals surface area contributed by atoms with E-state index in [1.165, 1.54) is 0 Å². The van der Waals surface area contributed by atoms with Gasteiger partial charge in [0.15, 0.2) is 0 Å². The molecule has 0 aliphatic carbocycles. The third-order valence-electron chi connectivity index (χ3n) is 1.06. The molecular weight excluding hydrogens is 230 g/mol. The Balaban J connectivity index is -0.000000720. The predicted molar refractivity (Wildman–Crippen MR) is 32.7 cm³/mol. The molecule has 0 saturated carbocycles. The van der Waals surface area contributed by atoms with Gasteiger partial charge in [-0.3, -0.25) is 0 Å². The number of methoxy groups -OCH3 is 2. The molecule has 0 aliphatic rings. The van der Waals surface area contributed by atoms with Gasteiger partial charge in [0.05, 0.1) is 11.9 Å². The normalized spacial score (nSPS) is 12.9. The standard InChI is InChI=1S/C6H10O7.2Na/c1-11-5(3(7)8)13-6(12-2)4(9)10;;/h5-6H,1-2H3,(H,7,8)(H,9,10);;/q;2*+1/p-2. The van der Waals surface area contributed by atoms with Crippen molar-refractivity contribution >= 4 is 11.9 Å². The Morgan fingerprint density at radius 2 is 1.20 bits per heavy atom. The number of hydrogen-bond acceptors (Lipinski definition) is 7. The smallest absolute Gasteiger partial charge is 0.545 e. The molecule has 76 valence electrons. The van der Waals surface area contributed by atoms with Crippen LogP contribution < -0.4 is 69.3 Å². The molecule has 9 heteroatoms. The number of rotatable bonds is 6. The molecule has 0 rings (SSSR count). The van der Waals surface area contributed by atoms with Gasteiger partial charge in [0.25, 0.3) is 0 Å². The maximum atomic E-state index is 10.2. The molecule has 0 saturated heterocycles. The van der Waals surface area contributed by atoms with E-state index in [4.69, 9.17) is 0 Å². The fourth-order valence-corrected chi connectivity index (χ4v) is 0.527. The summed E-state index contributed by atoms with van der Waals surface area (Å²) in [5.74, 6) is -3.41. The van der Waals surface area contributed by atoms with Gasteiger partial charge >= 0.3 is 59.1 Å². The first-order valence-corrected chi connectivity index (χ1v) is 3.15. The van der Waals surface area contributed by atoms with E-state index in [2.05, 4.69) is 14.2 Å². The maximum absolute atomic E-state index is 10.2. The van der Waals surface area contributed by atoms with E-state index in [0.717, 1.165) is 14.2 Å². The SMILES string of the molecule is COC(OC(OC)C(=O)[O-])C(=O)[O-].[Na+].[Na+]. The summed E-state index contributed by atoms with van der Waals surface area (Å²) in [7, 11) is 2.03. The number of carbonyl (C=O) groups is 2. The van der Waals surface area contributed by atoms with Gasteiger partial charge in [-0.15, -0.1) is 0 Å². The van der Waals surface area contributed by atoms with E-state index in [1.807, 2.05) is 0 Å². The zero-order chi connectivity index (χ0) is 10.4. The number of ether oxygens (including phenoxy) is 3. The zero-order valence-electron chi connectivity index (χ0n) is 9.01. The Kier molecular flexibility index (Phi) is 15.9. The van der Waals surface area contributed by atoms with Crippen molar-refractivity contribution in [1.29, 1.82) is 0 Å². The van der Waals surface area contributed by atoms with Crippen LogP contribution in [0, 0.1) is 0 Å². The van der Waals surface area contributed by atoms with E-state index >= 15 is 0 Å². The Morgan fingerprint density at radius 1 is 0.933 bits per heavy atom. The van der Waals surface area contributed by atoms with Crippen LogP contribution in [0.1, 0.15) is 0 Å². The van der Waals surface area contributed by atoms with Crippen molar-refractivity contribution in [1.82, 2.24) is 0 Å². The molecule has 7 nitrogen and oxygen atoms in total. The van der Waals surface area contributed by atoms with Gasteiger partial charge in [-0.25, -0.2) is 0 Å². The van der Waals surface area contributed by atoms with Crippen LogP contribution in [0.3, 0.4) is 0 Å². The number of carboxylic acid groups (broad SMARTS) is 2. The van der Waals surface area contributed by atoms with Crippen molar-refractivity contribution in [2.75, 3.05) is 14.2 Å². The quantitative estimate of drug-likeness (QED) is 0.334. The van der Waals surface area contributed by atoms with E-state index in [9.17, 15) is 19.8 Å². The van der Waals surface area contributed by atoms with Crippen molar-refractivity contribution < 1.29 is 93.1 Å². The second kappa shape index (κ2) is 11.3. The number of aliphatic carboxylic acids is 2. The van der Waals surface area contributed by atoms with Crippen LogP contribution in [0.25, 0.3) is 0 Å². The summed E-state index contributed by atoms with van der Waals surface area (Å²) >= 11 is 0. The van der Waals surface area contributed by atoms with Gasteiger partial charge in [0.2, 0.25) is 12.6 Å². The average molecular weight is 238 g/mol. The molecular formula is C6H8Na2O7. The molecule has 0 heterocycles. The molecule has 0 spiro atoms. The monoisotopic (exact) mass is 238 g/mol. The van der Waals surface area contributed by atoms with Crippen LogP contribution in [-0.2, 0) is 23.8 Å². The molecule has 0 aliphatic heterocycles. The fourth-order valence-electron chi connectivity index (χ4n) is 0.527. The topological polar surface area (TPSA) is 108 Å². The van der Waals surface area contributed by atoms with Crippen molar-refractivity contribution in [2.24, 2.45) is 0 Å². The summed E-state index contributed by atoms with van der Waals surface area (Å²) in [6.45, 7) is 0. The van der Waals surface area contributed by atoms with E-state index in [-0.39, 0.29) is 59.1 Å². The van der Waals surface area contributed by atoms with Crippen LogP contribution in [-0.4, -0.2) is 38.7 Å². The molecule has 0 fully saturated rings. The zero-order valence-corrected chi connectivity index (χ0v) is 13.0. The van der Waals surface area contributed by atoms with Gasteiger partial charge in [-0.1, -0.05) is 0 Å². The number of carbonyl (C=O) groups excluding carboxylic acids is 2. The van der Waals surface area contributed by atoms with Crippen molar-refractivity contribution in [3.05, 3.63) is 0 Å². The summed E-state index contributed by atoms with van der Waals surface area (Å²) in [4.78, 5) is 20.3. The van der Waals surface area contributed by atoms with E-state index in [0.29, 0.717) is 0 Å². The third-order valence-corrected chi connectivity index (χ3v) is 1.06. The van der Waals surface area contributed by atoms with Gasteiger partial charge < -0.3 is 34.0 Å². The predicted octanol–water partition coefficient (Wildman–Crippen LogP) is -9.54. The van der Waals surface area contributed by atoms with E-state index in [1.54, 1.807) is 0 Å². The molecule has 0 bridgehead atoms. The third kappa shape index (κ3) is 8.61. The second-order valence-corrected chi connectivity index (χ2v) is 1.91. The van der Waals surface area contributed by atoms with Crippen molar-refractivity contribution in [3.8, 4) is 0 Å². The van der Waals surface area contributed by atoms with Crippen LogP contribution in [0.2, 0.25) is 0 Å². The molecule has 0 radical (unpaired) electrons. The van der Waals surface area contributed by atoms with Crippen LogP contribution in [0.5, 0.6) is 0 Å². The minimum absolute atomic E-state index is 0. The molecule has 15 heavy (non-hydrogen) atoms. The Bertz CT molecular complexity index is 178. The molecule has 0 N–H and O–H groups in total. The van der Waals surface area contributed by atoms with Crippen molar-refractivity contribution in [2.45, 2.75) is 12.6 Å². The summed E-state index contributed by atoms with van der Waals surface area (Å²) < 4.78 is 12.8. The first kappa shape index (κ1) is 21.1. The largest absolute Gasteiger partial charge is 1.00 e. The van der Waals surface area contributed by atoms with E-state index < -0.39 is 24.5 Å². The summed E-state index contributed by atoms with van der Waals surface area (Å²) in [5.41, 5.74) is 0. The second-order valence-electron chi connectivity index (χ2n) is 1.91. The molecule has 2 atom stereocenters. The molecule has 2 unspecified atom stereocenters. The minimum atomic E-state index is -1.80. The van der Waals surface area contributed by atoms with Gasteiger partial charge in [0, 0.05) is 14.2 Å². The Hall–Kier alpha value is 0.820. The Morgan fingerprint density at radius 3 is 1.33 bits per heavy atom. The van der Waals surface area contributed by atoms with Crippen LogP contribution in [0.15, 0.2) is 0 Å². The maximum Gasteiger partial charge on any atom is 1.00 e. The molecule has 0 aromatic carbocycles. The molecule has 0 amide bonds. The van der Waals surface area contributed by atoms with Gasteiger partial charge in [0.1, 0.15) is 0 Å². The number of carboxylic acids is 2. The first-order chi connectivity index (χ1) is 6.02.